The summed E-state index contributed by atoms with van der Waals surface area (Å²) in [5, 5.41) is 15.7. The van der Waals surface area contributed by atoms with Crippen LogP contribution in [0.2, 0.25) is 5.02 Å². The minimum atomic E-state index is -0.389. The summed E-state index contributed by atoms with van der Waals surface area (Å²) in [7, 11) is 0. The van der Waals surface area contributed by atoms with Crippen molar-refractivity contribution >= 4 is 40.9 Å². The Bertz CT molecular complexity index is 1240. The molecule has 36 heavy (non-hydrogen) atoms. The Hall–Kier alpha value is -3.10. The lowest BCUT2D eigenvalue weighted by molar-refractivity contribution is -0.113. The molecule has 0 fully saturated rings. The summed E-state index contributed by atoms with van der Waals surface area (Å²) in [6.45, 7) is 12.5. The Labute approximate surface area is 221 Å². The maximum Gasteiger partial charge on any atom is 0.253 e. The highest BCUT2D eigenvalue weighted by atomic mass is 35.5. The number of hydrogen-bond acceptors (Lipinski definition) is 5. The molecule has 0 aliphatic carbocycles. The fourth-order valence-corrected chi connectivity index (χ4v) is 4.67. The number of aryl methyl sites for hydroxylation is 2. The number of nitrogens with zero attached hydrogens (tertiary/aromatic N) is 3. The molecule has 1 atom stereocenters. The van der Waals surface area contributed by atoms with Crippen LogP contribution in [0.25, 0.3) is 0 Å². The summed E-state index contributed by atoms with van der Waals surface area (Å²) in [4.78, 5) is 25.6. The number of allylic oxidation sites excluding steroid dienone is 1. The van der Waals surface area contributed by atoms with Crippen LogP contribution < -0.4 is 10.6 Å². The fourth-order valence-electron chi connectivity index (χ4n) is 3.69. The molecule has 2 aromatic carbocycles. The van der Waals surface area contributed by atoms with E-state index in [1.165, 1.54) is 17.3 Å². The number of anilines is 1. The zero-order valence-electron chi connectivity index (χ0n) is 21.0. The van der Waals surface area contributed by atoms with Crippen LogP contribution in [0, 0.1) is 19.8 Å². The highest BCUT2D eigenvalue weighted by molar-refractivity contribution is 7.99. The van der Waals surface area contributed by atoms with Gasteiger partial charge in [-0.2, -0.15) is 0 Å². The molecule has 0 spiro atoms. The number of aromatic nitrogens is 3. The van der Waals surface area contributed by atoms with E-state index in [-0.39, 0.29) is 29.5 Å². The standard InChI is InChI=1S/C27H32ClN5O2S/c1-6-13-33-25(23(14-17(2)3)30-26(35)21-9-7-8-10-22(21)28)31-32-27(33)36-16-24(34)29-20-12-11-18(4)19(5)15-20/h6-12,15,17,23H,1,13-14,16H2,2-5H3,(H,29,34)(H,30,35)/t23-/m1/s1. The van der Waals surface area contributed by atoms with Crippen molar-refractivity contribution in [3.05, 3.63) is 82.7 Å². The topological polar surface area (TPSA) is 88.9 Å². The second-order valence-electron chi connectivity index (χ2n) is 9.01. The van der Waals surface area contributed by atoms with Gasteiger partial charge in [0.05, 0.1) is 22.4 Å². The third-order valence-electron chi connectivity index (χ3n) is 5.62. The van der Waals surface area contributed by atoms with E-state index in [1.54, 1.807) is 30.3 Å². The van der Waals surface area contributed by atoms with Crippen molar-refractivity contribution < 1.29 is 9.59 Å². The summed E-state index contributed by atoms with van der Waals surface area (Å²) >= 11 is 7.53. The molecular weight excluding hydrogens is 494 g/mol. The molecule has 0 aliphatic rings. The number of hydrogen-bond donors (Lipinski definition) is 2. The summed E-state index contributed by atoms with van der Waals surface area (Å²) in [5.41, 5.74) is 3.45. The van der Waals surface area contributed by atoms with Gasteiger partial charge in [-0.1, -0.05) is 61.5 Å². The minimum absolute atomic E-state index is 0.135. The molecule has 2 N–H and O–H groups in total. The van der Waals surface area contributed by atoms with E-state index in [2.05, 4.69) is 41.3 Å². The number of rotatable bonds is 11. The van der Waals surface area contributed by atoms with Crippen LogP contribution in [0.5, 0.6) is 0 Å². The Kier molecular flexibility index (Phi) is 9.73. The highest BCUT2D eigenvalue weighted by Crippen LogP contribution is 2.26. The van der Waals surface area contributed by atoms with E-state index < -0.39 is 0 Å². The second kappa shape index (κ2) is 12.7. The van der Waals surface area contributed by atoms with Crippen LogP contribution in [-0.2, 0) is 11.3 Å². The number of thioether (sulfide) groups is 1. The lowest BCUT2D eigenvalue weighted by Gasteiger charge is -2.21. The smallest absolute Gasteiger partial charge is 0.253 e. The zero-order valence-corrected chi connectivity index (χ0v) is 22.6. The molecular formula is C27H32ClN5O2S. The molecule has 2 amide bonds. The number of benzene rings is 2. The van der Waals surface area contributed by atoms with Crippen LogP contribution in [-0.4, -0.2) is 32.3 Å². The fraction of sp³-hybridized carbons (Fsp3) is 0.333. The van der Waals surface area contributed by atoms with Crippen LogP contribution >= 0.6 is 23.4 Å². The third kappa shape index (κ3) is 7.21. The molecule has 3 aromatic rings. The van der Waals surface area contributed by atoms with Crippen LogP contribution in [0.15, 0.2) is 60.3 Å². The largest absolute Gasteiger partial charge is 0.342 e. The first kappa shape index (κ1) is 27.5. The predicted molar refractivity (Wildman–Crippen MR) is 147 cm³/mol. The first-order chi connectivity index (χ1) is 17.2. The number of nitrogens with one attached hydrogen (secondary N) is 2. The predicted octanol–water partition coefficient (Wildman–Crippen LogP) is 5.98. The molecule has 0 saturated carbocycles. The Morgan fingerprint density at radius 1 is 1.14 bits per heavy atom. The highest BCUT2D eigenvalue weighted by Gasteiger charge is 2.25. The molecule has 0 bridgehead atoms. The molecule has 0 radical (unpaired) electrons. The summed E-state index contributed by atoms with van der Waals surface area (Å²) in [6.07, 6.45) is 2.40. The van der Waals surface area contributed by atoms with Gasteiger partial charge >= 0.3 is 0 Å². The van der Waals surface area contributed by atoms with Crippen LogP contribution in [0.4, 0.5) is 5.69 Å². The molecule has 3 rings (SSSR count). The minimum Gasteiger partial charge on any atom is -0.342 e. The Balaban J connectivity index is 1.77. The molecule has 1 heterocycles. The third-order valence-corrected chi connectivity index (χ3v) is 6.92. The van der Waals surface area contributed by atoms with E-state index in [4.69, 9.17) is 11.6 Å². The summed E-state index contributed by atoms with van der Waals surface area (Å²) in [6, 6.07) is 12.4. The van der Waals surface area contributed by atoms with Crippen molar-refractivity contribution in [2.24, 2.45) is 5.92 Å². The van der Waals surface area contributed by atoms with Gasteiger partial charge in [-0.05, 0) is 61.6 Å². The van der Waals surface area contributed by atoms with Gasteiger partial charge in [0.25, 0.3) is 5.91 Å². The van der Waals surface area contributed by atoms with Gasteiger partial charge in [-0.25, -0.2) is 0 Å². The summed E-state index contributed by atoms with van der Waals surface area (Å²) < 4.78 is 1.89. The maximum absolute atomic E-state index is 13.0. The zero-order chi connectivity index (χ0) is 26.2. The van der Waals surface area contributed by atoms with Gasteiger partial charge < -0.3 is 15.2 Å². The van der Waals surface area contributed by atoms with E-state index in [0.29, 0.717) is 34.5 Å². The first-order valence-corrected chi connectivity index (χ1v) is 13.1. The molecule has 0 aliphatic heterocycles. The molecule has 1 aromatic heterocycles. The van der Waals surface area contributed by atoms with Gasteiger partial charge in [0.15, 0.2) is 11.0 Å². The van der Waals surface area contributed by atoms with Crippen molar-refractivity contribution in [2.75, 3.05) is 11.1 Å². The molecule has 9 heteroatoms. The monoisotopic (exact) mass is 525 g/mol. The van der Waals surface area contributed by atoms with Gasteiger partial charge in [0.2, 0.25) is 5.91 Å². The van der Waals surface area contributed by atoms with E-state index in [9.17, 15) is 9.59 Å². The Morgan fingerprint density at radius 3 is 2.56 bits per heavy atom. The number of carbonyl (C=O) groups is 2. The Morgan fingerprint density at radius 2 is 1.89 bits per heavy atom. The average Bonchev–Trinajstić information content (AvgIpc) is 3.22. The quantitative estimate of drug-likeness (QED) is 0.237. The average molecular weight is 526 g/mol. The maximum atomic E-state index is 13.0. The molecule has 0 saturated heterocycles. The lowest BCUT2D eigenvalue weighted by atomic mass is 10.0. The van der Waals surface area contributed by atoms with Crippen LogP contribution in [0.3, 0.4) is 0 Å². The molecule has 7 nitrogen and oxygen atoms in total. The van der Waals surface area contributed by atoms with Gasteiger partial charge in [-0.3, -0.25) is 9.59 Å². The van der Waals surface area contributed by atoms with Crippen molar-refractivity contribution in [3.63, 3.8) is 0 Å². The second-order valence-corrected chi connectivity index (χ2v) is 10.4. The van der Waals surface area contributed by atoms with E-state index in [1.807, 2.05) is 36.6 Å². The number of amides is 2. The van der Waals surface area contributed by atoms with Crippen molar-refractivity contribution in [1.82, 2.24) is 20.1 Å². The van der Waals surface area contributed by atoms with Crippen molar-refractivity contribution in [1.29, 1.82) is 0 Å². The van der Waals surface area contributed by atoms with Crippen LogP contribution in [0.1, 0.15) is 53.6 Å². The molecule has 190 valence electrons. The SMILES string of the molecule is C=CCn1c(SCC(=O)Nc2ccc(C)c(C)c2)nnc1[C@@H](CC(C)C)NC(=O)c1ccccc1Cl. The van der Waals surface area contributed by atoms with Crippen molar-refractivity contribution in [2.45, 2.75) is 51.9 Å². The van der Waals surface area contributed by atoms with Gasteiger partial charge in [-0.15, -0.1) is 16.8 Å². The molecule has 0 unspecified atom stereocenters. The summed E-state index contributed by atoms with van der Waals surface area (Å²) in [5.74, 6) is 0.657. The normalized spacial score (nSPS) is 11.8. The van der Waals surface area contributed by atoms with E-state index in [0.717, 1.165) is 11.3 Å². The van der Waals surface area contributed by atoms with E-state index >= 15 is 0 Å². The van der Waals surface area contributed by atoms with Crippen molar-refractivity contribution in [3.8, 4) is 0 Å². The van der Waals surface area contributed by atoms with Gasteiger partial charge in [0.1, 0.15) is 0 Å². The number of carbonyl (C=O) groups excluding carboxylic acids is 2. The van der Waals surface area contributed by atoms with Gasteiger partial charge in [0, 0.05) is 12.2 Å². The first-order valence-electron chi connectivity index (χ1n) is 11.8. The number of halogens is 1. The lowest BCUT2D eigenvalue weighted by Crippen LogP contribution is -2.32.